The smallest absolute Gasteiger partial charge is 0.272 e. The number of rotatable bonds is 4. The van der Waals surface area contributed by atoms with E-state index in [0.717, 1.165) is 23.7 Å². The van der Waals surface area contributed by atoms with Crippen LogP contribution in [-0.2, 0) is 7.05 Å². The summed E-state index contributed by atoms with van der Waals surface area (Å²) in [6, 6.07) is 7.74. The average molecular weight is 278 g/mol. The van der Waals surface area contributed by atoms with Crippen molar-refractivity contribution in [2.45, 2.75) is 12.8 Å². The fraction of sp³-hybridized carbons (Fsp3) is 0.429. The number of alkyl halides is 1. The van der Waals surface area contributed by atoms with Gasteiger partial charge in [-0.1, -0.05) is 18.2 Å². The first-order valence-corrected chi connectivity index (χ1v) is 6.95. The zero-order valence-electron chi connectivity index (χ0n) is 10.8. The normalized spacial score (nSPS) is 16.5. The molecule has 0 aliphatic heterocycles. The molecule has 4 nitrogen and oxygen atoms in total. The molecule has 100 valence electrons. The highest BCUT2D eigenvalue weighted by molar-refractivity contribution is 6.18. The van der Waals surface area contributed by atoms with Crippen molar-refractivity contribution in [1.82, 2.24) is 15.1 Å². The molecule has 1 aromatic carbocycles. The Hall–Kier alpha value is -1.55. The van der Waals surface area contributed by atoms with Gasteiger partial charge in [0.1, 0.15) is 0 Å². The van der Waals surface area contributed by atoms with Crippen LogP contribution in [0.25, 0.3) is 10.9 Å². The minimum Gasteiger partial charge on any atom is -0.350 e. The van der Waals surface area contributed by atoms with E-state index in [4.69, 9.17) is 11.6 Å². The Morgan fingerprint density at radius 3 is 2.89 bits per heavy atom. The molecule has 0 unspecified atom stereocenters. The molecule has 5 heteroatoms. The lowest BCUT2D eigenvalue weighted by Crippen LogP contribution is -2.31. The van der Waals surface area contributed by atoms with Gasteiger partial charge < -0.3 is 5.32 Å². The Balaban J connectivity index is 1.82. The van der Waals surface area contributed by atoms with Crippen LogP contribution in [-0.4, -0.2) is 28.1 Å². The topological polar surface area (TPSA) is 46.9 Å². The number of hydrogen-bond donors (Lipinski definition) is 1. The van der Waals surface area contributed by atoms with Gasteiger partial charge in [0.25, 0.3) is 5.91 Å². The molecule has 1 aromatic heterocycles. The van der Waals surface area contributed by atoms with Gasteiger partial charge >= 0.3 is 0 Å². The number of nitrogens with one attached hydrogen (secondary N) is 1. The average Bonchev–Trinajstić information content (AvgIpc) is 3.15. The summed E-state index contributed by atoms with van der Waals surface area (Å²) in [7, 11) is 1.85. The van der Waals surface area contributed by atoms with Crippen molar-refractivity contribution >= 4 is 28.4 Å². The molecule has 1 saturated carbocycles. The van der Waals surface area contributed by atoms with Gasteiger partial charge in [0.05, 0.1) is 5.52 Å². The van der Waals surface area contributed by atoms with Crippen LogP contribution in [0.15, 0.2) is 24.3 Å². The minimum absolute atomic E-state index is 0.117. The second-order valence-corrected chi connectivity index (χ2v) is 5.57. The number of para-hydroxylation sites is 1. The molecule has 19 heavy (non-hydrogen) atoms. The number of hydrogen-bond acceptors (Lipinski definition) is 2. The summed E-state index contributed by atoms with van der Waals surface area (Å²) in [6.45, 7) is 0.639. The zero-order valence-corrected chi connectivity index (χ0v) is 11.6. The highest BCUT2D eigenvalue weighted by Crippen LogP contribution is 2.45. The minimum atomic E-state index is -0.117. The van der Waals surface area contributed by atoms with Crippen LogP contribution in [0.4, 0.5) is 0 Å². The van der Waals surface area contributed by atoms with Crippen LogP contribution in [0.1, 0.15) is 23.3 Å². The Morgan fingerprint density at radius 1 is 1.47 bits per heavy atom. The summed E-state index contributed by atoms with van der Waals surface area (Å²) in [5.74, 6) is 0.490. The number of carbonyl (C=O) groups excluding carboxylic acids is 1. The summed E-state index contributed by atoms with van der Waals surface area (Å²) >= 11 is 5.91. The van der Waals surface area contributed by atoms with Crippen LogP contribution >= 0.6 is 11.6 Å². The number of nitrogens with zero attached hydrogens (tertiary/aromatic N) is 2. The van der Waals surface area contributed by atoms with E-state index in [9.17, 15) is 4.79 Å². The number of benzene rings is 1. The van der Waals surface area contributed by atoms with Crippen LogP contribution in [0.5, 0.6) is 0 Å². The third-order valence-electron chi connectivity index (χ3n) is 3.84. The van der Waals surface area contributed by atoms with E-state index in [2.05, 4.69) is 10.4 Å². The maximum absolute atomic E-state index is 12.2. The summed E-state index contributed by atoms with van der Waals surface area (Å²) in [6.07, 6.45) is 2.19. The van der Waals surface area contributed by atoms with Gasteiger partial charge in [-0.05, 0) is 18.9 Å². The van der Waals surface area contributed by atoms with Gasteiger partial charge in [-0.3, -0.25) is 9.48 Å². The number of carbonyl (C=O) groups is 1. The third kappa shape index (κ3) is 2.21. The molecule has 3 rings (SSSR count). The molecule has 0 atom stereocenters. The Kier molecular flexibility index (Phi) is 2.97. The molecule has 1 aliphatic carbocycles. The van der Waals surface area contributed by atoms with E-state index in [-0.39, 0.29) is 11.3 Å². The molecule has 0 saturated heterocycles. The molecule has 1 aliphatic rings. The standard InChI is InChI=1S/C14H16ClN3O/c1-18-11-5-3-2-4-10(11)12(17-18)13(19)16-9-14(8-15)6-7-14/h2-5H,6-9H2,1H3,(H,16,19). The van der Waals surface area contributed by atoms with Crippen LogP contribution in [0.3, 0.4) is 0 Å². The molecule has 1 amide bonds. The molecule has 1 heterocycles. The van der Waals surface area contributed by atoms with Crippen molar-refractivity contribution in [3.05, 3.63) is 30.0 Å². The zero-order chi connectivity index (χ0) is 13.5. The van der Waals surface area contributed by atoms with E-state index in [1.807, 2.05) is 31.3 Å². The quantitative estimate of drug-likeness (QED) is 0.872. The summed E-state index contributed by atoms with van der Waals surface area (Å²) < 4.78 is 1.73. The maximum Gasteiger partial charge on any atom is 0.272 e. The van der Waals surface area contributed by atoms with Crippen molar-refractivity contribution in [1.29, 1.82) is 0 Å². The van der Waals surface area contributed by atoms with Crippen LogP contribution < -0.4 is 5.32 Å². The monoisotopic (exact) mass is 277 g/mol. The summed E-state index contributed by atoms with van der Waals surface area (Å²) in [5, 5.41) is 8.15. The number of fused-ring (bicyclic) bond motifs is 1. The van der Waals surface area contributed by atoms with E-state index in [1.54, 1.807) is 4.68 Å². The fourth-order valence-electron chi connectivity index (χ4n) is 2.27. The molecular weight excluding hydrogens is 262 g/mol. The third-order valence-corrected chi connectivity index (χ3v) is 4.40. The van der Waals surface area contributed by atoms with Gasteiger partial charge in [0, 0.05) is 30.3 Å². The molecular formula is C14H16ClN3O. The van der Waals surface area contributed by atoms with Gasteiger partial charge in [0.2, 0.25) is 0 Å². The first-order valence-electron chi connectivity index (χ1n) is 6.41. The van der Waals surface area contributed by atoms with E-state index in [0.29, 0.717) is 18.1 Å². The van der Waals surface area contributed by atoms with Gasteiger partial charge in [-0.15, -0.1) is 11.6 Å². The Bertz CT molecular complexity index is 631. The fourth-order valence-corrected chi connectivity index (χ4v) is 2.63. The molecule has 0 spiro atoms. The predicted molar refractivity (Wildman–Crippen MR) is 75.4 cm³/mol. The van der Waals surface area contributed by atoms with Crippen molar-refractivity contribution in [2.24, 2.45) is 12.5 Å². The van der Waals surface area contributed by atoms with E-state index >= 15 is 0 Å². The first-order chi connectivity index (χ1) is 9.15. The SMILES string of the molecule is Cn1nc(C(=O)NCC2(CCl)CC2)c2ccccc21. The number of amides is 1. The first kappa shape index (κ1) is 12.5. The molecule has 0 radical (unpaired) electrons. The largest absolute Gasteiger partial charge is 0.350 e. The van der Waals surface area contributed by atoms with Gasteiger partial charge in [-0.25, -0.2) is 0 Å². The van der Waals surface area contributed by atoms with Crippen molar-refractivity contribution < 1.29 is 4.79 Å². The lowest BCUT2D eigenvalue weighted by Gasteiger charge is -2.11. The van der Waals surface area contributed by atoms with Gasteiger partial charge in [-0.2, -0.15) is 5.10 Å². The number of aryl methyl sites for hydroxylation is 1. The number of aromatic nitrogens is 2. The van der Waals surface area contributed by atoms with Gasteiger partial charge in [0.15, 0.2) is 5.69 Å². The maximum atomic E-state index is 12.2. The highest BCUT2D eigenvalue weighted by Gasteiger charge is 2.42. The predicted octanol–water partition coefficient (Wildman–Crippen LogP) is 2.32. The molecule has 1 N–H and O–H groups in total. The highest BCUT2D eigenvalue weighted by atomic mass is 35.5. The molecule has 0 bridgehead atoms. The lowest BCUT2D eigenvalue weighted by atomic mass is 10.1. The van der Waals surface area contributed by atoms with Crippen LogP contribution in [0, 0.1) is 5.41 Å². The van der Waals surface area contributed by atoms with E-state index < -0.39 is 0 Å². The number of halogens is 1. The van der Waals surface area contributed by atoms with Crippen LogP contribution in [0.2, 0.25) is 0 Å². The molecule has 2 aromatic rings. The summed E-state index contributed by atoms with van der Waals surface area (Å²) in [4.78, 5) is 12.2. The van der Waals surface area contributed by atoms with Crippen molar-refractivity contribution in [3.8, 4) is 0 Å². The molecule has 1 fully saturated rings. The Morgan fingerprint density at radius 2 is 2.21 bits per heavy atom. The second kappa shape index (κ2) is 4.53. The Labute approximate surface area is 116 Å². The second-order valence-electron chi connectivity index (χ2n) is 5.31. The lowest BCUT2D eigenvalue weighted by molar-refractivity contribution is 0.0942. The van der Waals surface area contributed by atoms with Crippen molar-refractivity contribution in [3.63, 3.8) is 0 Å². The van der Waals surface area contributed by atoms with E-state index in [1.165, 1.54) is 0 Å². The summed E-state index contributed by atoms with van der Waals surface area (Å²) in [5.41, 5.74) is 1.58. The van der Waals surface area contributed by atoms with Crippen molar-refractivity contribution in [2.75, 3.05) is 12.4 Å².